The van der Waals surface area contributed by atoms with Gasteiger partial charge in [-0.15, -0.1) is 0 Å². The van der Waals surface area contributed by atoms with Crippen LogP contribution in [0.4, 0.5) is 0 Å². The monoisotopic (exact) mass is 499 g/mol. The summed E-state index contributed by atoms with van der Waals surface area (Å²) in [6.45, 7) is 4.88. The van der Waals surface area contributed by atoms with Gasteiger partial charge in [-0.25, -0.2) is 0 Å². The number of ether oxygens (including phenoxy) is 5. The number of hydrogen-bond donors (Lipinski definition) is 1. The van der Waals surface area contributed by atoms with E-state index in [1.165, 1.54) is 26.2 Å². The van der Waals surface area contributed by atoms with Crippen molar-refractivity contribution in [2.45, 2.75) is 19.9 Å². The Morgan fingerprint density at radius 2 is 1.56 bits per heavy atom. The number of carbonyl (C=O) groups excluding carboxylic acids is 2. The Morgan fingerprint density at radius 3 is 2.17 bits per heavy atom. The molecule has 0 bridgehead atoms. The fourth-order valence-corrected chi connectivity index (χ4v) is 4.02. The van der Waals surface area contributed by atoms with Gasteiger partial charge in [0.2, 0.25) is 0 Å². The number of likely N-dealkylation sites (tertiary alicyclic amines) is 1. The minimum absolute atomic E-state index is 0.0386. The van der Waals surface area contributed by atoms with Crippen molar-refractivity contribution >= 4 is 17.4 Å². The quantitative estimate of drug-likeness (QED) is 0.283. The number of aliphatic hydroxyl groups is 1. The second kappa shape index (κ2) is 11.8. The van der Waals surface area contributed by atoms with Crippen LogP contribution in [0.2, 0.25) is 0 Å². The molecule has 1 N–H and O–H groups in total. The molecule has 9 heteroatoms. The number of aliphatic hydroxyl groups excluding tert-OH is 1. The highest BCUT2D eigenvalue weighted by molar-refractivity contribution is 6.46. The van der Waals surface area contributed by atoms with Crippen LogP contribution >= 0.6 is 0 Å². The fraction of sp³-hybridized carbons (Fsp3) is 0.407. The summed E-state index contributed by atoms with van der Waals surface area (Å²) in [5.41, 5.74) is 0.863. The molecule has 0 aromatic heterocycles. The van der Waals surface area contributed by atoms with Crippen LogP contribution in [0.25, 0.3) is 5.76 Å². The highest BCUT2D eigenvalue weighted by Gasteiger charge is 2.46. The molecule has 1 aliphatic rings. The van der Waals surface area contributed by atoms with E-state index >= 15 is 0 Å². The van der Waals surface area contributed by atoms with Gasteiger partial charge in [-0.2, -0.15) is 0 Å². The van der Waals surface area contributed by atoms with Gasteiger partial charge in [-0.1, -0.05) is 19.9 Å². The van der Waals surface area contributed by atoms with Gasteiger partial charge in [-0.05, 0) is 41.8 Å². The summed E-state index contributed by atoms with van der Waals surface area (Å²) >= 11 is 0. The molecule has 0 spiro atoms. The van der Waals surface area contributed by atoms with E-state index in [1.54, 1.807) is 43.5 Å². The van der Waals surface area contributed by atoms with E-state index in [0.29, 0.717) is 40.7 Å². The Labute approximate surface area is 211 Å². The van der Waals surface area contributed by atoms with Crippen LogP contribution in [0.1, 0.15) is 31.0 Å². The predicted octanol–water partition coefficient (Wildman–Crippen LogP) is 3.82. The average molecular weight is 500 g/mol. The molecule has 9 nitrogen and oxygen atoms in total. The van der Waals surface area contributed by atoms with Crippen LogP contribution in [0, 0.1) is 5.92 Å². The number of hydrogen-bond acceptors (Lipinski definition) is 8. The summed E-state index contributed by atoms with van der Waals surface area (Å²) in [4.78, 5) is 27.7. The maximum Gasteiger partial charge on any atom is 0.295 e. The van der Waals surface area contributed by atoms with Gasteiger partial charge in [0.25, 0.3) is 11.7 Å². The zero-order valence-corrected chi connectivity index (χ0v) is 21.5. The predicted molar refractivity (Wildman–Crippen MR) is 134 cm³/mol. The fourth-order valence-electron chi connectivity index (χ4n) is 4.02. The largest absolute Gasteiger partial charge is 0.507 e. The third kappa shape index (κ3) is 5.41. The molecule has 194 valence electrons. The Kier molecular flexibility index (Phi) is 8.82. The van der Waals surface area contributed by atoms with Crippen molar-refractivity contribution in [2.24, 2.45) is 5.92 Å². The lowest BCUT2D eigenvalue weighted by Crippen LogP contribution is -2.32. The first-order valence-corrected chi connectivity index (χ1v) is 11.6. The average Bonchev–Trinajstić information content (AvgIpc) is 3.14. The lowest BCUT2D eigenvalue weighted by Gasteiger charge is -2.26. The van der Waals surface area contributed by atoms with E-state index in [0.717, 1.165) is 0 Å². The van der Waals surface area contributed by atoms with Crippen LogP contribution in [0.15, 0.2) is 42.0 Å². The van der Waals surface area contributed by atoms with Crippen LogP contribution < -0.4 is 18.9 Å². The number of ketones is 1. The van der Waals surface area contributed by atoms with E-state index in [-0.39, 0.29) is 30.4 Å². The number of methoxy groups -OCH3 is 4. The summed E-state index contributed by atoms with van der Waals surface area (Å²) in [6, 6.07) is 9.12. The minimum atomic E-state index is -0.861. The maximum absolute atomic E-state index is 13.2. The van der Waals surface area contributed by atoms with E-state index < -0.39 is 17.7 Å². The molecule has 2 aromatic rings. The number of nitrogens with zero attached hydrogens (tertiary/aromatic N) is 1. The standard InChI is InChI=1S/C27H33NO8/c1-16(2)15-36-22-13-17(7-9-20(22)34-5)24-23(26(30)27(31)28(24)11-12-32-3)25(29)18-8-10-19(33-4)21(14-18)35-6/h7-10,13-14,16,24,29H,11-12,15H2,1-6H3/b25-23-. The van der Waals surface area contributed by atoms with Gasteiger partial charge in [-0.3, -0.25) is 9.59 Å². The smallest absolute Gasteiger partial charge is 0.295 e. The highest BCUT2D eigenvalue weighted by Crippen LogP contribution is 2.42. The van der Waals surface area contributed by atoms with Crippen LogP contribution in [-0.4, -0.2) is 69.9 Å². The van der Waals surface area contributed by atoms with Crippen molar-refractivity contribution in [3.05, 3.63) is 53.1 Å². The zero-order valence-electron chi connectivity index (χ0n) is 21.5. The molecule has 1 saturated heterocycles. The van der Waals surface area contributed by atoms with E-state index in [2.05, 4.69) is 0 Å². The van der Waals surface area contributed by atoms with Crippen LogP contribution in [-0.2, 0) is 14.3 Å². The molecular weight excluding hydrogens is 466 g/mol. The third-order valence-corrected chi connectivity index (χ3v) is 5.81. The van der Waals surface area contributed by atoms with Crippen LogP contribution in [0.5, 0.6) is 23.0 Å². The first-order valence-electron chi connectivity index (χ1n) is 11.6. The Balaban J connectivity index is 2.18. The number of amides is 1. The lowest BCUT2D eigenvalue weighted by atomic mass is 9.95. The van der Waals surface area contributed by atoms with Crippen LogP contribution in [0.3, 0.4) is 0 Å². The van der Waals surface area contributed by atoms with E-state index in [4.69, 9.17) is 23.7 Å². The lowest BCUT2D eigenvalue weighted by molar-refractivity contribution is -0.140. The summed E-state index contributed by atoms with van der Waals surface area (Å²) < 4.78 is 27.2. The van der Waals surface area contributed by atoms with E-state index in [1.807, 2.05) is 13.8 Å². The minimum Gasteiger partial charge on any atom is -0.507 e. The van der Waals surface area contributed by atoms with Crippen molar-refractivity contribution in [1.82, 2.24) is 4.90 Å². The zero-order chi connectivity index (χ0) is 26.4. The Bertz CT molecular complexity index is 1140. The summed E-state index contributed by atoms with van der Waals surface area (Å²) in [7, 11) is 6.03. The normalized spacial score (nSPS) is 17.0. The topological polar surface area (TPSA) is 104 Å². The van der Waals surface area contributed by atoms with Gasteiger partial charge < -0.3 is 33.7 Å². The summed E-state index contributed by atoms with van der Waals surface area (Å²) in [5.74, 6) is 0.285. The number of carbonyl (C=O) groups is 2. The Morgan fingerprint density at radius 1 is 0.917 bits per heavy atom. The van der Waals surface area contributed by atoms with Crippen molar-refractivity contribution in [2.75, 3.05) is 48.2 Å². The second-order valence-electron chi connectivity index (χ2n) is 8.67. The summed E-state index contributed by atoms with van der Waals surface area (Å²) in [6.07, 6.45) is 0. The number of rotatable bonds is 11. The SMILES string of the molecule is COCCN1C(=O)C(=O)/C(=C(\O)c2ccc(OC)c(OC)c2)C1c1ccc(OC)c(OCC(C)C)c1. The molecule has 1 aliphatic heterocycles. The number of benzene rings is 2. The number of Topliss-reactive ketones (excluding diaryl/α,β-unsaturated/α-hetero) is 1. The van der Waals surface area contributed by atoms with Crippen molar-refractivity contribution in [3.8, 4) is 23.0 Å². The molecule has 0 aliphatic carbocycles. The van der Waals surface area contributed by atoms with Gasteiger partial charge in [0.05, 0.1) is 46.2 Å². The van der Waals surface area contributed by atoms with Gasteiger partial charge in [0.15, 0.2) is 23.0 Å². The second-order valence-corrected chi connectivity index (χ2v) is 8.67. The molecular formula is C27H33NO8. The molecule has 1 fully saturated rings. The van der Waals surface area contributed by atoms with Gasteiger partial charge in [0.1, 0.15) is 5.76 Å². The van der Waals surface area contributed by atoms with Crippen molar-refractivity contribution in [3.63, 3.8) is 0 Å². The van der Waals surface area contributed by atoms with E-state index in [9.17, 15) is 14.7 Å². The molecule has 1 unspecified atom stereocenters. The molecule has 1 amide bonds. The molecule has 2 aromatic carbocycles. The van der Waals surface area contributed by atoms with Gasteiger partial charge >= 0.3 is 0 Å². The molecule has 1 heterocycles. The molecule has 1 atom stereocenters. The third-order valence-electron chi connectivity index (χ3n) is 5.81. The molecule has 36 heavy (non-hydrogen) atoms. The molecule has 0 radical (unpaired) electrons. The maximum atomic E-state index is 13.2. The first kappa shape index (κ1) is 26.9. The summed E-state index contributed by atoms with van der Waals surface area (Å²) in [5, 5.41) is 11.3. The first-order chi connectivity index (χ1) is 17.3. The Hall–Kier alpha value is -3.72. The van der Waals surface area contributed by atoms with Crippen molar-refractivity contribution < 1.29 is 38.4 Å². The van der Waals surface area contributed by atoms with Gasteiger partial charge in [0, 0.05) is 19.2 Å². The van der Waals surface area contributed by atoms with Crippen molar-refractivity contribution in [1.29, 1.82) is 0 Å². The highest BCUT2D eigenvalue weighted by atomic mass is 16.5. The molecule has 3 rings (SSSR count). The molecule has 0 saturated carbocycles.